The number of hydrogen-bond acceptors (Lipinski definition) is 4. The molecule has 1 saturated heterocycles. The molecule has 0 amide bonds. The van der Waals surface area contributed by atoms with E-state index < -0.39 is 0 Å². The van der Waals surface area contributed by atoms with Crippen LogP contribution in [0.1, 0.15) is 43.6 Å². The normalized spacial score (nSPS) is 27.0. The summed E-state index contributed by atoms with van der Waals surface area (Å²) in [6, 6.07) is 7.31. The Morgan fingerprint density at radius 1 is 1.05 bits per heavy atom. The smallest absolute Gasteiger partial charge is 0.160 e. The highest BCUT2D eigenvalue weighted by Gasteiger charge is 2.32. The first-order valence-corrected chi connectivity index (χ1v) is 8.42. The van der Waals surface area contributed by atoms with E-state index in [0.717, 1.165) is 37.1 Å². The molecule has 4 nitrogen and oxygen atoms in total. The molecule has 0 bridgehead atoms. The molecule has 1 aromatic rings. The van der Waals surface area contributed by atoms with E-state index in [0.29, 0.717) is 5.92 Å². The van der Waals surface area contributed by atoms with Crippen LogP contribution in [0.2, 0.25) is 0 Å². The molecule has 1 aliphatic carbocycles. The fourth-order valence-corrected chi connectivity index (χ4v) is 4.09. The lowest BCUT2D eigenvalue weighted by Crippen LogP contribution is -2.49. The summed E-state index contributed by atoms with van der Waals surface area (Å²) in [7, 11) is 3.37. The molecule has 0 aromatic heterocycles. The van der Waals surface area contributed by atoms with Gasteiger partial charge in [0, 0.05) is 25.2 Å². The van der Waals surface area contributed by atoms with Crippen molar-refractivity contribution in [3.8, 4) is 11.5 Å². The average Bonchev–Trinajstić information content (AvgIpc) is 3.08. The van der Waals surface area contributed by atoms with E-state index in [-0.39, 0.29) is 6.04 Å². The second kappa shape index (κ2) is 6.88. The number of piperidine rings is 1. The summed E-state index contributed by atoms with van der Waals surface area (Å²) in [5.41, 5.74) is 7.67. The molecule has 2 fully saturated rings. The van der Waals surface area contributed by atoms with Gasteiger partial charge < -0.3 is 15.2 Å². The third-order valence-electron chi connectivity index (χ3n) is 5.23. The highest BCUT2D eigenvalue weighted by atomic mass is 16.5. The first kappa shape index (κ1) is 15.6. The van der Waals surface area contributed by atoms with Crippen molar-refractivity contribution in [1.29, 1.82) is 0 Å². The Labute approximate surface area is 133 Å². The van der Waals surface area contributed by atoms with Gasteiger partial charge in [0.1, 0.15) is 0 Å². The summed E-state index contributed by atoms with van der Waals surface area (Å²) >= 11 is 0. The van der Waals surface area contributed by atoms with Crippen LogP contribution in [0, 0.1) is 0 Å². The van der Waals surface area contributed by atoms with Gasteiger partial charge >= 0.3 is 0 Å². The van der Waals surface area contributed by atoms with Crippen molar-refractivity contribution < 1.29 is 9.47 Å². The van der Waals surface area contributed by atoms with E-state index in [4.69, 9.17) is 15.2 Å². The molecule has 1 saturated carbocycles. The summed E-state index contributed by atoms with van der Waals surface area (Å²) in [4.78, 5) is 2.63. The first-order valence-electron chi connectivity index (χ1n) is 8.42. The quantitative estimate of drug-likeness (QED) is 0.929. The topological polar surface area (TPSA) is 47.7 Å². The zero-order chi connectivity index (χ0) is 15.5. The van der Waals surface area contributed by atoms with Crippen LogP contribution >= 0.6 is 0 Å². The van der Waals surface area contributed by atoms with Crippen molar-refractivity contribution in [2.24, 2.45) is 5.73 Å². The number of nitrogens with zero attached hydrogens (tertiary/aromatic N) is 1. The molecule has 2 N–H and O–H groups in total. The molecule has 2 unspecified atom stereocenters. The summed E-state index contributed by atoms with van der Waals surface area (Å²) in [5, 5.41) is 0. The number of benzene rings is 1. The van der Waals surface area contributed by atoms with Crippen LogP contribution in [0.4, 0.5) is 0 Å². The summed E-state index contributed by atoms with van der Waals surface area (Å²) in [5.74, 6) is 2.09. The second-order valence-corrected chi connectivity index (χ2v) is 6.70. The van der Waals surface area contributed by atoms with Crippen LogP contribution in [0.3, 0.4) is 0 Å². The number of hydrogen-bond donors (Lipinski definition) is 1. The van der Waals surface area contributed by atoms with Gasteiger partial charge in [0.15, 0.2) is 11.5 Å². The van der Waals surface area contributed by atoms with E-state index in [1.54, 1.807) is 14.2 Å². The molecule has 22 heavy (non-hydrogen) atoms. The number of nitrogens with two attached hydrogens (primary N) is 1. The number of ether oxygens (including phenoxy) is 2. The number of likely N-dealkylation sites (tertiary alicyclic amines) is 1. The van der Waals surface area contributed by atoms with Gasteiger partial charge in [0.2, 0.25) is 0 Å². The maximum atomic E-state index is 6.35. The van der Waals surface area contributed by atoms with Crippen molar-refractivity contribution in [1.82, 2.24) is 4.90 Å². The van der Waals surface area contributed by atoms with Gasteiger partial charge in [0.05, 0.1) is 14.2 Å². The van der Waals surface area contributed by atoms with Crippen LogP contribution in [-0.2, 0) is 0 Å². The van der Waals surface area contributed by atoms with Crippen LogP contribution in [-0.4, -0.2) is 44.3 Å². The van der Waals surface area contributed by atoms with Crippen LogP contribution in [0.25, 0.3) is 0 Å². The first-order chi connectivity index (χ1) is 10.7. The van der Waals surface area contributed by atoms with Gasteiger partial charge in [-0.3, -0.25) is 4.90 Å². The van der Waals surface area contributed by atoms with E-state index in [1.165, 1.54) is 31.2 Å². The molecule has 3 rings (SSSR count). The molecule has 1 aliphatic heterocycles. The number of methoxy groups -OCH3 is 2. The van der Waals surface area contributed by atoms with Gasteiger partial charge in [-0.25, -0.2) is 0 Å². The third kappa shape index (κ3) is 3.23. The lowest BCUT2D eigenvalue weighted by molar-refractivity contribution is 0.136. The van der Waals surface area contributed by atoms with Gasteiger partial charge in [-0.15, -0.1) is 0 Å². The molecule has 4 heteroatoms. The molecule has 1 aromatic carbocycles. The standard InChI is InChI=1S/C18H28N2O2/c1-21-17-8-7-13(10-18(17)22-2)14-9-15(19)12-20(11-14)16-5-3-4-6-16/h7-8,10,14-16H,3-6,9,11-12,19H2,1-2H3. The van der Waals surface area contributed by atoms with E-state index in [9.17, 15) is 0 Å². The Bertz CT molecular complexity index is 500. The van der Waals surface area contributed by atoms with Crippen molar-refractivity contribution in [2.45, 2.75) is 50.1 Å². The average molecular weight is 304 g/mol. The lowest BCUT2D eigenvalue weighted by Gasteiger charge is -2.40. The number of rotatable bonds is 4. The van der Waals surface area contributed by atoms with E-state index in [2.05, 4.69) is 17.0 Å². The Balaban J connectivity index is 1.77. The summed E-state index contributed by atoms with van der Waals surface area (Å²) < 4.78 is 10.8. The maximum Gasteiger partial charge on any atom is 0.160 e. The van der Waals surface area contributed by atoms with Crippen LogP contribution < -0.4 is 15.2 Å². The highest BCUT2D eigenvalue weighted by Crippen LogP contribution is 2.35. The van der Waals surface area contributed by atoms with Gasteiger partial charge in [-0.05, 0) is 42.9 Å². The molecule has 2 aliphatic rings. The van der Waals surface area contributed by atoms with Crippen LogP contribution in [0.5, 0.6) is 11.5 Å². The lowest BCUT2D eigenvalue weighted by atomic mass is 9.87. The minimum Gasteiger partial charge on any atom is -0.493 e. The van der Waals surface area contributed by atoms with E-state index in [1.807, 2.05) is 6.07 Å². The summed E-state index contributed by atoms with van der Waals surface area (Å²) in [6.45, 7) is 2.17. The molecule has 0 radical (unpaired) electrons. The Hall–Kier alpha value is -1.26. The van der Waals surface area contributed by atoms with Crippen molar-refractivity contribution in [2.75, 3.05) is 27.3 Å². The van der Waals surface area contributed by atoms with Crippen molar-refractivity contribution >= 4 is 0 Å². The highest BCUT2D eigenvalue weighted by molar-refractivity contribution is 5.44. The SMILES string of the molecule is COc1ccc(C2CC(N)CN(C3CCCC3)C2)cc1OC. The third-order valence-corrected chi connectivity index (χ3v) is 5.23. The molecular weight excluding hydrogens is 276 g/mol. The molecule has 0 spiro atoms. The minimum atomic E-state index is 0.271. The predicted octanol–water partition coefficient (Wildman–Crippen LogP) is 2.76. The Kier molecular flexibility index (Phi) is 4.89. The largest absolute Gasteiger partial charge is 0.493 e. The molecule has 2 atom stereocenters. The second-order valence-electron chi connectivity index (χ2n) is 6.70. The zero-order valence-electron chi connectivity index (χ0n) is 13.8. The van der Waals surface area contributed by atoms with Gasteiger partial charge in [-0.2, -0.15) is 0 Å². The van der Waals surface area contributed by atoms with Crippen molar-refractivity contribution in [3.63, 3.8) is 0 Å². The molecular formula is C18H28N2O2. The minimum absolute atomic E-state index is 0.271. The van der Waals surface area contributed by atoms with Gasteiger partial charge in [-0.1, -0.05) is 18.9 Å². The molecule has 122 valence electrons. The van der Waals surface area contributed by atoms with E-state index >= 15 is 0 Å². The van der Waals surface area contributed by atoms with Crippen molar-refractivity contribution in [3.05, 3.63) is 23.8 Å². The Morgan fingerprint density at radius 2 is 1.77 bits per heavy atom. The van der Waals surface area contributed by atoms with Crippen LogP contribution in [0.15, 0.2) is 18.2 Å². The fraction of sp³-hybridized carbons (Fsp3) is 0.667. The fourth-order valence-electron chi connectivity index (χ4n) is 4.09. The Morgan fingerprint density at radius 3 is 2.45 bits per heavy atom. The summed E-state index contributed by atoms with van der Waals surface area (Å²) in [6.07, 6.45) is 6.48. The zero-order valence-corrected chi connectivity index (χ0v) is 13.8. The van der Waals surface area contributed by atoms with Gasteiger partial charge in [0.25, 0.3) is 0 Å². The predicted molar refractivity (Wildman–Crippen MR) is 88.7 cm³/mol. The monoisotopic (exact) mass is 304 g/mol. The molecule has 1 heterocycles. The maximum absolute atomic E-state index is 6.35.